The Balaban J connectivity index is 5.16. The van der Waals surface area contributed by atoms with Crippen LogP contribution < -0.4 is 0 Å². The molecule has 0 aromatic heterocycles. The molecule has 0 heterocycles. The highest BCUT2D eigenvalue weighted by Gasteiger charge is 2.30. The first-order valence-electron chi connectivity index (χ1n) is 37.5. The van der Waals surface area contributed by atoms with Gasteiger partial charge in [-0.15, -0.1) is 0 Å². The van der Waals surface area contributed by atoms with Crippen LogP contribution in [0.4, 0.5) is 0 Å². The van der Waals surface area contributed by atoms with Gasteiger partial charge < -0.3 is 33.8 Å². The fourth-order valence-electron chi connectivity index (χ4n) is 10.9. The molecule has 0 fully saturated rings. The molecule has 0 aromatic carbocycles. The molecule has 0 aliphatic carbocycles. The zero-order valence-electron chi connectivity index (χ0n) is 59.1. The monoisotopic (exact) mass is 1340 g/mol. The molecule has 540 valence electrons. The van der Waals surface area contributed by atoms with Crippen molar-refractivity contribution in [3.8, 4) is 0 Å². The molecule has 0 aliphatic rings. The van der Waals surface area contributed by atoms with E-state index in [0.717, 1.165) is 108 Å². The van der Waals surface area contributed by atoms with Crippen LogP contribution in [0.25, 0.3) is 0 Å². The van der Waals surface area contributed by atoms with Crippen LogP contribution in [0.15, 0.2) is 0 Å². The smallest absolute Gasteiger partial charge is 0.462 e. The Morgan fingerprint density at radius 1 is 0.297 bits per heavy atom. The minimum absolute atomic E-state index is 0.105. The molecule has 0 saturated heterocycles. The van der Waals surface area contributed by atoms with E-state index in [4.69, 9.17) is 37.0 Å². The number of rotatable bonds is 71. The van der Waals surface area contributed by atoms with Crippen LogP contribution >= 0.6 is 15.6 Å². The lowest BCUT2D eigenvalue weighted by molar-refractivity contribution is -0.161. The van der Waals surface area contributed by atoms with Gasteiger partial charge in [-0.05, 0) is 37.5 Å². The molecule has 0 rings (SSSR count). The molecule has 0 aromatic rings. The summed E-state index contributed by atoms with van der Waals surface area (Å²) in [7, 11) is -9.89. The standard InChI is InChI=1S/C72H140O17P2/c1-7-9-11-13-14-15-16-17-18-19-20-23-27-33-38-44-50-56-72(77)89-68(61-83-70(75)55-49-43-37-32-26-24-21-22-25-30-35-41-46-52-64(3)4)63-87-91(80,81)85-59-66(73)58-84-90(78,79)86-62-67(60-82-69(74)54-48-40-12-10-8-2)88-71(76)57-51-45-39-34-29-28-31-36-42-47-53-65(5)6/h64-68,73H,7-63H2,1-6H3,(H,78,79)(H,80,81)/t66-,67+,68+/m0/s1. The number of unbranched alkanes of at least 4 members (excludes halogenated alkanes) is 41. The van der Waals surface area contributed by atoms with E-state index in [1.807, 2.05) is 0 Å². The Morgan fingerprint density at radius 2 is 0.505 bits per heavy atom. The fraction of sp³-hybridized carbons (Fsp3) is 0.944. The minimum atomic E-state index is -4.95. The zero-order valence-corrected chi connectivity index (χ0v) is 60.9. The van der Waals surface area contributed by atoms with Gasteiger partial charge in [0, 0.05) is 25.7 Å². The molecule has 17 nitrogen and oxygen atoms in total. The van der Waals surface area contributed by atoms with Crippen LogP contribution in [0.2, 0.25) is 0 Å². The Bertz CT molecular complexity index is 1770. The molecule has 0 aliphatic heterocycles. The van der Waals surface area contributed by atoms with Gasteiger partial charge in [0.15, 0.2) is 12.2 Å². The lowest BCUT2D eigenvalue weighted by atomic mass is 10.0. The van der Waals surface area contributed by atoms with Gasteiger partial charge in [-0.25, -0.2) is 9.13 Å². The predicted molar refractivity (Wildman–Crippen MR) is 368 cm³/mol. The van der Waals surface area contributed by atoms with Crippen molar-refractivity contribution in [1.82, 2.24) is 0 Å². The van der Waals surface area contributed by atoms with Gasteiger partial charge in [-0.2, -0.15) is 0 Å². The van der Waals surface area contributed by atoms with Crippen molar-refractivity contribution in [2.24, 2.45) is 11.8 Å². The van der Waals surface area contributed by atoms with Crippen molar-refractivity contribution in [2.75, 3.05) is 39.6 Å². The van der Waals surface area contributed by atoms with Crippen LogP contribution in [0.5, 0.6) is 0 Å². The number of carbonyl (C=O) groups is 4. The topological polar surface area (TPSA) is 237 Å². The summed E-state index contributed by atoms with van der Waals surface area (Å²) in [4.78, 5) is 72.4. The van der Waals surface area contributed by atoms with E-state index in [0.29, 0.717) is 25.7 Å². The average Bonchev–Trinajstić information content (AvgIpc) is 3.55. The highest BCUT2D eigenvalue weighted by molar-refractivity contribution is 7.47. The van der Waals surface area contributed by atoms with Crippen molar-refractivity contribution in [1.29, 1.82) is 0 Å². The van der Waals surface area contributed by atoms with Crippen molar-refractivity contribution >= 4 is 39.5 Å². The quantitative estimate of drug-likeness (QED) is 0.0222. The Morgan fingerprint density at radius 3 is 0.747 bits per heavy atom. The lowest BCUT2D eigenvalue weighted by Crippen LogP contribution is -2.30. The number of carbonyl (C=O) groups excluding carboxylic acids is 4. The fourth-order valence-corrected chi connectivity index (χ4v) is 12.5. The molecule has 5 atom stereocenters. The molecule has 3 N–H and O–H groups in total. The van der Waals surface area contributed by atoms with E-state index in [2.05, 4.69) is 41.5 Å². The van der Waals surface area contributed by atoms with Crippen LogP contribution in [0.3, 0.4) is 0 Å². The number of ether oxygens (including phenoxy) is 4. The molecule has 0 radical (unpaired) electrons. The van der Waals surface area contributed by atoms with Gasteiger partial charge in [-0.1, -0.05) is 318 Å². The number of hydrogen-bond acceptors (Lipinski definition) is 15. The van der Waals surface area contributed by atoms with Gasteiger partial charge >= 0.3 is 39.5 Å². The third kappa shape index (κ3) is 66.5. The molecule has 91 heavy (non-hydrogen) atoms. The first-order chi connectivity index (χ1) is 43.9. The molecular weight excluding hydrogens is 1200 g/mol. The lowest BCUT2D eigenvalue weighted by Gasteiger charge is -2.21. The normalized spacial score (nSPS) is 14.1. The van der Waals surface area contributed by atoms with Crippen molar-refractivity contribution in [2.45, 2.75) is 387 Å². The maximum atomic E-state index is 13.0. The van der Waals surface area contributed by atoms with E-state index >= 15 is 0 Å². The van der Waals surface area contributed by atoms with Gasteiger partial charge in [0.25, 0.3) is 0 Å². The summed E-state index contributed by atoms with van der Waals surface area (Å²) in [6, 6.07) is 0. The third-order valence-corrected chi connectivity index (χ3v) is 18.6. The summed E-state index contributed by atoms with van der Waals surface area (Å²) in [5, 5.41) is 10.6. The summed E-state index contributed by atoms with van der Waals surface area (Å²) in [5.41, 5.74) is 0. The summed E-state index contributed by atoms with van der Waals surface area (Å²) < 4.78 is 68.2. The van der Waals surface area contributed by atoms with E-state index in [-0.39, 0.29) is 25.7 Å². The Hall–Kier alpha value is -1.94. The van der Waals surface area contributed by atoms with Gasteiger partial charge in [0.2, 0.25) is 0 Å². The number of hydrogen-bond donors (Lipinski definition) is 3. The van der Waals surface area contributed by atoms with Crippen molar-refractivity contribution in [3.63, 3.8) is 0 Å². The maximum absolute atomic E-state index is 13.0. The van der Waals surface area contributed by atoms with Crippen molar-refractivity contribution in [3.05, 3.63) is 0 Å². The van der Waals surface area contributed by atoms with Crippen LogP contribution in [-0.4, -0.2) is 96.7 Å². The molecule has 2 unspecified atom stereocenters. The van der Waals surface area contributed by atoms with Crippen LogP contribution in [0, 0.1) is 11.8 Å². The second kappa shape index (κ2) is 64.1. The molecule has 0 bridgehead atoms. The van der Waals surface area contributed by atoms with E-state index in [1.165, 1.54) is 180 Å². The minimum Gasteiger partial charge on any atom is -0.462 e. The SMILES string of the molecule is CCCCCCCCCCCCCCCCCCCC(=O)O[C@H](COC(=O)CCCCCCCCCCCCCCCC(C)C)COP(=O)(O)OC[C@@H](O)COP(=O)(O)OC[C@@H](COC(=O)CCCCCCC)OC(=O)CCCCCCCCCCCCC(C)C. The van der Waals surface area contributed by atoms with Crippen LogP contribution in [0.1, 0.15) is 369 Å². The molecule has 19 heteroatoms. The van der Waals surface area contributed by atoms with E-state index in [9.17, 15) is 43.2 Å². The first-order valence-corrected chi connectivity index (χ1v) is 40.5. The number of esters is 4. The first kappa shape index (κ1) is 89.1. The molecule has 0 saturated carbocycles. The molecular formula is C72H140O17P2. The van der Waals surface area contributed by atoms with Gasteiger partial charge in [0.05, 0.1) is 26.4 Å². The summed E-state index contributed by atoms with van der Waals surface area (Å²) >= 11 is 0. The highest BCUT2D eigenvalue weighted by atomic mass is 31.2. The number of phosphoric ester groups is 2. The number of aliphatic hydroxyl groups excluding tert-OH is 1. The van der Waals surface area contributed by atoms with E-state index in [1.54, 1.807) is 0 Å². The molecule has 0 amide bonds. The summed E-state index contributed by atoms with van der Waals surface area (Å²) in [6.07, 6.45) is 50.3. The number of aliphatic hydroxyl groups is 1. The average molecular weight is 1340 g/mol. The highest BCUT2D eigenvalue weighted by Crippen LogP contribution is 2.45. The van der Waals surface area contributed by atoms with Gasteiger partial charge in [0.1, 0.15) is 19.3 Å². The van der Waals surface area contributed by atoms with Gasteiger partial charge in [-0.3, -0.25) is 37.3 Å². The third-order valence-electron chi connectivity index (χ3n) is 16.7. The maximum Gasteiger partial charge on any atom is 0.472 e. The largest absolute Gasteiger partial charge is 0.472 e. The summed E-state index contributed by atoms with van der Waals surface area (Å²) in [6.45, 7) is 9.49. The van der Waals surface area contributed by atoms with Crippen LogP contribution in [-0.2, 0) is 65.4 Å². The predicted octanol–water partition coefficient (Wildman–Crippen LogP) is 20.8. The van der Waals surface area contributed by atoms with Crippen molar-refractivity contribution < 1.29 is 80.2 Å². The Labute approximate surface area is 556 Å². The number of phosphoric acid groups is 2. The second-order valence-electron chi connectivity index (χ2n) is 26.9. The second-order valence-corrected chi connectivity index (χ2v) is 29.8. The molecule has 0 spiro atoms. The summed E-state index contributed by atoms with van der Waals surface area (Å²) in [5.74, 6) is -0.588. The van der Waals surface area contributed by atoms with E-state index < -0.39 is 97.5 Å². The zero-order chi connectivity index (χ0) is 67.2. The Kier molecular flexibility index (Phi) is 62.7.